The van der Waals surface area contributed by atoms with E-state index in [0.717, 1.165) is 12.3 Å². The van der Waals surface area contributed by atoms with E-state index in [-0.39, 0.29) is 22.4 Å². The highest BCUT2D eigenvalue weighted by atomic mass is 16.7. The molecule has 0 fully saturated rings. The molecule has 5 bridgehead atoms. The molecule has 0 radical (unpaired) electrons. The van der Waals surface area contributed by atoms with Crippen LogP contribution in [0, 0.1) is 30.6 Å². The average Bonchev–Trinajstić information content (AvgIpc) is 3.35. The van der Waals surface area contributed by atoms with E-state index in [1.54, 1.807) is 33.8 Å². The Morgan fingerprint density at radius 2 is 1.65 bits per heavy atom. The Balaban J connectivity index is 1.85. The van der Waals surface area contributed by atoms with Crippen LogP contribution in [0.4, 0.5) is 0 Å². The molecule has 1 aromatic rings. The topological polar surface area (TPSA) is 215 Å². The quantitative estimate of drug-likeness (QED) is 0.286. The van der Waals surface area contributed by atoms with Crippen LogP contribution < -0.4 is 10.1 Å². The predicted molar refractivity (Wildman–Crippen MR) is 181 cm³/mol. The molecule has 14 heteroatoms. The number of esters is 1. The van der Waals surface area contributed by atoms with Crippen LogP contribution in [0.15, 0.2) is 47.9 Å². The number of methoxy groups -OCH3 is 1. The molecule has 3 heterocycles. The molecule has 0 saturated heterocycles. The molecule has 1 amide bonds. The second kappa shape index (κ2) is 15.3. The van der Waals surface area contributed by atoms with E-state index in [0.29, 0.717) is 0 Å². The van der Waals surface area contributed by atoms with Crippen LogP contribution in [0.5, 0.6) is 11.5 Å². The number of carbonyl (C=O) groups is 5. The van der Waals surface area contributed by atoms with Gasteiger partial charge < -0.3 is 44.7 Å². The third-order valence-electron chi connectivity index (χ3n) is 9.86. The van der Waals surface area contributed by atoms with Gasteiger partial charge in [-0.15, -0.1) is 0 Å². The number of hydrogen-bond acceptors (Lipinski definition) is 13. The van der Waals surface area contributed by atoms with Crippen LogP contribution in [0.1, 0.15) is 78.2 Å². The number of ketones is 3. The van der Waals surface area contributed by atoms with Gasteiger partial charge >= 0.3 is 11.8 Å². The van der Waals surface area contributed by atoms with Crippen LogP contribution in [0.25, 0.3) is 0 Å². The molecule has 1 aliphatic carbocycles. The minimum atomic E-state index is -2.06. The number of fused-ring (bicyclic) bond motifs is 14. The standard InChI is InChI=1S/C37H45NO13/c1-16-10-9-11-22(15-39)36(47)38-23-14-24(41)26-27(32(23)45)31(44)20(5)34-28(26)35(46)37(7,51-34)49-13-12-25(48-8)17(2)33(50-21(6)40)19(4)30(43)18(3)29(16)42/h9-14,16-19,25,29-30,33,39,42-44H,15H2,1-8H3,(H,38,47)/b10-9-,13-12?,22-11-/t16-,17+,18+,19+,25-,29-,30+,33+,37-/m0/s1. The van der Waals surface area contributed by atoms with Gasteiger partial charge in [-0.2, -0.15) is 0 Å². The minimum Gasteiger partial charge on any atom is -0.507 e. The van der Waals surface area contributed by atoms with E-state index in [9.17, 15) is 44.4 Å². The SMILES string of the molecule is CO[C@H]1C=CO[C@@]2(C)Oc3c(C)c(O)c4c(c3C2=O)C(=O)C=C(NC(=O)/C(CO)=C\C=C/[C@H](C)[C@H](O)[C@@H](C)[C@@H](O)[C@@H](C)[C@H](OC(C)=O)[C@@H]1C)C4=O. The smallest absolute Gasteiger partial charge is 0.312 e. The van der Waals surface area contributed by atoms with Crippen molar-refractivity contribution < 1.29 is 63.3 Å². The van der Waals surface area contributed by atoms with Crippen molar-refractivity contribution in [2.75, 3.05) is 13.7 Å². The maximum absolute atomic E-state index is 13.9. The van der Waals surface area contributed by atoms with Gasteiger partial charge in [0.2, 0.25) is 5.78 Å². The maximum atomic E-state index is 13.9. The fraction of sp³-hybridized carbons (Fsp3) is 0.486. The Hall–Kier alpha value is -4.63. The number of nitrogens with one attached hydrogen (secondary N) is 1. The van der Waals surface area contributed by atoms with Crippen molar-refractivity contribution in [3.05, 3.63) is 70.2 Å². The monoisotopic (exact) mass is 711 g/mol. The summed E-state index contributed by atoms with van der Waals surface area (Å²) in [4.78, 5) is 66.3. The van der Waals surface area contributed by atoms with Crippen molar-refractivity contribution in [2.45, 2.75) is 78.7 Å². The molecule has 0 unspecified atom stereocenters. The first-order chi connectivity index (χ1) is 23.9. The highest BCUT2D eigenvalue weighted by Gasteiger charge is 2.51. The summed E-state index contributed by atoms with van der Waals surface area (Å²) in [6.07, 6.45) is 3.65. The first kappa shape index (κ1) is 39.2. The summed E-state index contributed by atoms with van der Waals surface area (Å²) >= 11 is 0. The van der Waals surface area contributed by atoms with E-state index < -0.39 is 112 Å². The van der Waals surface area contributed by atoms with Gasteiger partial charge in [0.25, 0.3) is 11.7 Å². The number of hydrogen-bond donors (Lipinski definition) is 5. The average molecular weight is 712 g/mol. The third kappa shape index (κ3) is 7.40. The van der Waals surface area contributed by atoms with Gasteiger partial charge in [-0.05, 0) is 13.0 Å². The van der Waals surface area contributed by atoms with Crippen LogP contribution in [0.2, 0.25) is 0 Å². The highest BCUT2D eigenvalue weighted by Crippen LogP contribution is 2.47. The van der Waals surface area contributed by atoms with Gasteiger partial charge in [0.05, 0.1) is 53.6 Å². The van der Waals surface area contributed by atoms with Gasteiger partial charge in [-0.25, -0.2) is 0 Å². The fourth-order valence-corrected chi connectivity index (χ4v) is 6.70. The number of phenolic OH excluding ortho intramolecular Hbond substituents is 1. The molecule has 0 spiro atoms. The molecule has 3 aliphatic heterocycles. The number of carbonyl (C=O) groups excluding carboxylic acids is 5. The lowest BCUT2D eigenvalue weighted by Gasteiger charge is -2.38. The van der Waals surface area contributed by atoms with E-state index in [1.807, 2.05) is 0 Å². The van der Waals surface area contributed by atoms with Crippen LogP contribution in [0.3, 0.4) is 0 Å². The first-order valence-corrected chi connectivity index (χ1v) is 16.5. The highest BCUT2D eigenvalue weighted by molar-refractivity contribution is 6.30. The van der Waals surface area contributed by atoms with Crippen molar-refractivity contribution in [3.63, 3.8) is 0 Å². The zero-order chi connectivity index (χ0) is 38.1. The lowest BCUT2D eigenvalue weighted by Crippen LogP contribution is -2.46. The summed E-state index contributed by atoms with van der Waals surface area (Å²) < 4.78 is 23.0. The number of allylic oxidation sites excluding steroid dienone is 4. The van der Waals surface area contributed by atoms with Gasteiger partial charge in [0, 0.05) is 61.8 Å². The van der Waals surface area contributed by atoms with Crippen molar-refractivity contribution in [2.24, 2.45) is 23.7 Å². The maximum Gasteiger partial charge on any atom is 0.312 e. The predicted octanol–water partition coefficient (Wildman–Crippen LogP) is 2.60. The number of rotatable bonds is 3. The molecule has 5 rings (SSSR count). The summed E-state index contributed by atoms with van der Waals surface area (Å²) in [7, 11) is 1.41. The van der Waals surface area contributed by atoms with Gasteiger partial charge in [0.1, 0.15) is 17.6 Å². The Bertz CT molecular complexity index is 1740. The second-order valence-electron chi connectivity index (χ2n) is 13.4. The summed E-state index contributed by atoms with van der Waals surface area (Å²) in [6, 6.07) is 0. The number of Topliss-reactive ketones (excluding diaryl/α,β-unsaturated/α-hetero) is 2. The van der Waals surface area contributed by atoms with Crippen molar-refractivity contribution >= 4 is 29.2 Å². The molecule has 51 heavy (non-hydrogen) atoms. The Morgan fingerprint density at radius 1 is 0.980 bits per heavy atom. The molecule has 276 valence electrons. The minimum absolute atomic E-state index is 0.0283. The number of ether oxygens (including phenoxy) is 4. The Labute approximate surface area is 295 Å². The zero-order valence-electron chi connectivity index (χ0n) is 29.8. The van der Waals surface area contributed by atoms with Crippen molar-refractivity contribution in [1.29, 1.82) is 0 Å². The number of aliphatic hydroxyl groups excluding tert-OH is 3. The van der Waals surface area contributed by atoms with Gasteiger partial charge in [0.15, 0.2) is 5.78 Å². The molecule has 4 aliphatic rings. The number of aliphatic hydroxyl groups is 3. The van der Waals surface area contributed by atoms with Gasteiger partial charge in [-0.3, -0.25) is 24.0 Å². The van der Waals surface area contributed by atoms with Crippen LogP contribution in [-0.4, -0.2) is 93.6 Å². The van der Waals surface area contributed by atoms with E-state index in [1.165, 1.54) is 46.1 Å². The van der Waals surface area contributed by atoms with E-state index >= 15 is 0 Å². The first-order valence-electron chi connectivity index (χ1n) is 16.5. The molecular weight excluding hydrogens is 666 g/mol. The molecule has 14 nitrogen and oxygen atoms in total. The molecule has 9 atom stereocenters. The van der Waals surface area contributed by atoms with E-state index in [2.05, 4.69) is 5.32 Å². The molecule has 0 aromatic heterocycles. The Kier molecular flexibility index (Phi) is 11.8. The summed E-state index contributed by atoms with van der Waals surface area (Å²) in [6.45, 7) is 9.87. The van der Waals surface area contributed by atoms with Crippen molar-refractivity contribution in [1.82, 2.24) is 5.32 Å². The van der Waals surface area contributed by atoms with Gasteiger partial charge in [-0.1, -0.05) is 45.9 Å². The number of benzene rings is 1. The summed E-state index contributed by atoms with van der Waals surface area (Å²) in [5, 5.41) is 45.9. The number of aromatic hydroxyl groups is 1. The van der Waals surface area contributed by atoms with E-state index in [4.69, 9.17) is 18.9 Å². The third-order valence-corrected chi connectivity index (χ3v) is 9.86. The normalized spacial score (nSPS) is 33.4. The summed E-state index contributed by atoms with van der Waals surface area (Å²) in [5.74, 6) is -9.68. The second-order valence-corrected chi connectivity index (χ2v) is 13.4. The fourth-order valence-electron chi connectivity index (χ4n) is 6.70. The van der Waals surface area contributed by atoms with Crippen LogP contribution >= 0.6 is 0 Å². The molecule has 5 N–H and O–H groups in total. The lowest BCUT2D eigenvalue weighted by atomic mass is 9.78. The molecular formula is C37H45NO13. The van der Waals surface area contributed by atoms with Crippen molar-refractivity contribution in [3.8, 4) is 11.5 Å². The van der Waals surface area contributed by atoms with Crippen LogP contribution in [-0.2, 0) is 23.8 Å². The number of amides is 1. The Morgan fingerprint density at radius 3 is 2.25 bits per heavy atom. The molecule has 0 saturated carbocycles. The number of phenols is 1. The molecule has 1 aromatic carbocycles. The largest absolute Gasteiger partial charge is 0.507 e. The summed E-state index contributed by atoms with van der Waals surface area (Å²) in [5.41, 5.74) is -1.94. The lowest BCUT2D eigenvalue weighted by molar-refractivity contribution is -0.160. The zero-order valence-corrected chi connectivity index (χ0v) is 29.8.